The Kier molecular flexibility index (Phi) is 44.7. The normalized spacial score (nSPS) is 19.3. The first-order valence-corrected chi connectivity index (χ1v) is 29.8. The number of esters is 1. The number of hydrogen-bond donors (Lipinski definition) is 4. The molecule has 0 saturated carbocycles. The lowest BCUT2D eigenvalue weighted by atomic mass is 9.99. The van der Waals surface area contributed by atoms with E-state index in [4.69, 9.17) is 18.9 Å². The first-order valence-electron chi connectivity index (χ1n) is 28.4. The summed E-state index contributed by atoms with van der Waals surface area (Å²) in [4.78, 5) is 12.9. The Morgan fingerprint density at radius 3 is 1.32 bits per heavy atom. The molecule has 1 rings (SSSR count). The fourth-order valence-corrected chi connectivity index (χ4v) is 9.59. The molecule has 13 heteroatoms. The van der Waals surface area contributed by atoms with Crippen molar-refractivity contribution in [1.82, 2.24) is 0 Å². The summed E-state index contributed by atoms with van der Waals surface area (Å²) < 4.78 is 59.4. The Balaban J connectivity index is 2.25. The number of rotatable bonds is 51. The zero-order valence-electron chi connectivity index (χ0n) is 43.7. The van der Waals surface area contributed by atoms with E-state index in [1.54, 1.807) is 0 Å². The summed E-state index contributed by atoms with van der Waals surface area (Å²) in [6.45, 7) is 4.05. The molecule has 12 nitrogen and oxygen atoms in total. The fourth-order valence-electron chi connectivity index (χ4n) is 9.08. The summed E-state index contributed by atoms with van der Waals surface area (Å²) >= 11 is 0. The summed E-state index contributed by atoms with van der Waals surface area (Å²) in [7, 11) is -5.06. The minimum Gasteiger partial charge on any atom is -0.457 e. The zero-order valence-corrected chi connectivity index (χ0v) is 44.5. The molecule has 0 aromatic carbocycles. The van der Waals surface area contributed by atoms with Gasteiger partial charge in [0.05, 0.1) is 19.8 Å². The molecular weight excluding hydrogens is 885 g/mol. The van der Waals surface area contributed by atoms with Crippen molar-refractivity contribution in [3.05, 3.63) is 12.2 Å². The van der Waals surface area contributed by atoms with Crippen LogP contribution in [0.5, 0.6) is 0 Å². The van der Waals surface area contributed by atoms with E-state index in [9.17, 15) is 33.1 Å². The molecular formula is C55H106O12S. The standard InChI is InChI=1S/C55H106O12S/c1-3-5-7-9-11-13-15-17-19-20-21-22-23-24-25-26-27-28-29-31-33-35-37-39-41-43-45-63-47-49(48-64-55-53(59)54(67-68(60,61)62)52(58)50(46-56)66-55)65-51(57)44-42-40-38-36-34-32-30-18-16-14-12-10-8-6-4-2/h20-21,49-50,52-56,58-59H,3-19,22-48H2,1-2H3,(H,60,61,62)/b21-20-. The predicted molar refractivity (Wildman–Crippen MR) is 276 cm³/mol. The molecule has 0 amide bonds. The molecule has 1 aliphatic rings. The van der Waals surface area contributed by atoms with E-state index in [1.807, 2.05) is 0 Å². The largest absolute Gasteiger partial charge is 0.457 e. The van der Waals surface area contributed by atoms with Gasteiger partial charge in [-0.2, -0.15) is 8.42 Å². The third-order valence-corrected chi connectivity index (χ3v) is 13.9. The molecule has 68 heavy (non-hydrogen) atoms. The first kappa shape index (κ1) is 64.9. The van der Waals surface area contributed by atoms with E-state index in [0.717, 1.165) is 38.5 Å². The third-order valence-electron chi connectivity index (χ3n) is 13.4. The second-order valence-electron chi connectivity index (χ2n) is 19.9. The summed E-state index contributed by atoms with van der Waals surface area (Å²) in [5.74, 6) is -0.392. The fraction of sp³-hybridized carbons (Fsp3) is 0.945. The van der Waals surface area contributed by atoms with Crippen LogP contribution in [-0.2, 0) is 38.3 Å². The van der Waals surface area contributed by atoms with E-state index in [0.29, 0.717) is 13.0 Å². The van der Waals surface area contributed by atoms with Crippen LogP contribution in [0.1, 0.15) is 271 Å². The average molecular weight is 992 g/mol. The number of allylic oxidation sites excluding steroid dienone is 2. The van der Waals surface area contributed by atoms with Crippen molar-refractivity contribution in [1.29, 1.82) is 0 Å². The van der Waals surface area contributed by atoms with Crippen molar-refractivity contribution in [2.45, 2.75) is 307 Å². The number of ether oxygens (including phenoxy) is 4. The van der Waals surface area contributed by atoms with Gasteiger partial charge in [0.25, 0.3) is 0 Å². The third kappa shape index (κ3) is 39.5. The molecule has 6 unspecified atom stereocenters. The maximum atomic E-state index is 12.9. The molecule has 1 saturated heterocycles. The molecule has 0 aromatic heterocycles. The van der Waals surface area contributed by atoms with E-state index >= 15 is 0 Å². The second-order valence-corrected chi connectivity index (χ2v) is 20.9. The van der Waals surface area contributed by atoms with Crippen LogP contribution in [-0.4, -0.2) is 97.5 Å². The quantitative estimate of drug-likeness (QED) is 0.0196. The molecule has 1 heterocycles. The maximum Gasteiger partial charge on any atom is 0.397 e. The van der Waals surface area contributed by atoms with Gasteiger partial charge in [0, 0.05) is 13.0 Å². The van der Waals surface area contributed by atoms with Gasteiger partial charge in [0.1, 0.15) is 30.5 Å². The Bertz CT molecular complexity index is 1240. The van der Waals surface area contributed by atoms with Crippen LogP contribution in [0.2, 0.25) is 0 Å². The maximum absolute atomic E-state index is 12.9. The van der Waals surface area contributed by atoms with Gasteiger partial charge in [0.2, 0.25) is 0 Å². The highest BCUT2D eigenvalue weighted by Gasteiger charge is 2.48. The lowest BCUT2D eigenvalue weighted by Crippen LogP contribution is -2.60. The minimum atomic E-state index is -5.06. The highest BCUT2D eigenvalue weighted by atomic mass is 32.3. The topological polar surface area (TPSA) is 178 Å². The molecule has 404 valence electrons. The van der Waals surface area contributed by atoms with Crippen LogP contribution in [0, 0.1) is 0 Å². The molecule has 1 aliphatic heterocycles. The highest BCUT2D eigenvalue weighted by molar-refractivity contribution is 7.80. The number of aliphatic hydroxyl groups is 3. The summed E-state index contributed by atoms with van der Waals surface area (Å²) in [6.07, 6.45) is 45.4. The van der Waals surface area contributed by atoms with Crippen molar-refractivity contribution in [3.63, 3.8) is 0 Å². The SMILES string of the molecule is CCCCCCCCCC/C=C\CCCCCCCCCCCCCCCCOCC(COC1OC(CO)C(O)C(OS(=O)(=O)O)C1O)OC(=O)CCCCCCCCCCCCCCCCC. The number of unbranched alkanes of at least 4 members (excludes halogenated alkanes) is 36. The molecule has 6 atom stereocenters. The molecule has 0 radical (unpaired) electrons. The monoisotopic (exact) mass is 991 g/mol. The lowest BCUT2D eigenvalue weighted by Gasteiger charge is -2.41. The predicted octanol–water partition coefficient (Wildman–Crippen LogP) is 13.8. The molecule has 1 fully saturated rings. The van der Waals surface area contributed by atoms with Gasteiger partial charge in [-0.15, -0.1) is 0 Å². The lowest BCUT2D eigenvalue weighted by molar-refractivity contribution is -0.301. The number of carbonyl (C=O) groups excluding carboxylic acids is 1. The molecule has 0 spiro atoms. The van der Waals surface area contributed by atoms with Gasteiger partial charge in [-0.3, -0.25) is 9.35 Å². The van der Waals surface area contributed by atoms with Gasteiger partial charge >= 0.3 is 16.4 Å². The van der Waals surface area contributed by atoms with Crippen molar-refractivity contribution < 1.29 is 56.2 Å². The van der Waals surface area contributed by atoms with Crippen LogP contribution < -0.4 is 0 Å². The van der Waals surface area contributed by atoms with Gasteiger partial charge in [-0.05, 0) is 38.5 Å². The Hall–Kier alpha value is -1.16. The van der Waals surface area contributed by atoms with E-state index in [2.05, 4.69) is 30.2 Å². The minimum absolute atomic E-state index is 0.0429. The number of aliphatic hydroxyl groups excluding tert-OH is 3. The summed E-state index contributed by atoms with van der Waals surface area (Å²) in [6, 6.07) is 0. The number of hydrogen-bond acceptors (Lipinski definition) is 11. The van der Waals surface area contributed by atoms with Crippen LogP contribution in [0.25, 0.3) is 0 Å². The van der Waals surface area contributed by atoms with E-state index in [-0.39, 0.29) is 19.6 Å². The highest BCUT2D eigenvalue weighted by Crippen LogP contribution is 2.26. The Morgan fingerprint density at radius 1 is 0.544 bits per heavy atom. The number of carbonyl (C=O) groups is 1. The van der Waals surface area contributed by atoms with Gasteiger partial charge in [-0.25, -0.2) is 4.18 Å². The smallest absolute Gasteiger partial charge is 0.397 e. The van der Waals surface area contributed by atoms with Gasteiger partial charge in [-0.1, -0.05) is 238 Å². The van der Waals surface area contributed by atoms with Crippen molar-refractivity contribution in [3.8, 4) is 0 Å². The summed E-state index contributed by atoms with van der Waals surface area (Å²) in [5.41, 5.74) is 0. The average Bonchev–Trinajstić information content (AvgIpc) is 3.31. The first-order chi connectivity index (χ1) is 33.1. The van der Waals surface area contributed by atoms with Crippen molar-refractivity contribution in [2.75, 3.05) is 26.4 Å². The van der Waals surface area contributed by atoms with E-state index < -0.39 is 59.8 Å². The van der Waals surface area contributed by atoms with Gasteiger partial charge < -0.3 is 34.3 Å². The summed E-state index contributed by atoms with van der Waals surface area (Å²) in [5, 5.41) is 30.8. The molecule has 0 bridgehead atoms. The van der Waals surface area contributed by atoms with Crippen LogP contribution in [0.3, 0.4) is 0 Å². The van der Waals surface area contributed by atoms with E-state index in [1.165, 1.54) is 205 Å². The van der Waals surface area contributed by atoms with Crippen molar-refractivity contribution in [2.24, 2.45) is 0 Å². The second kappa shape index (κ2) is 46.9. The van der Waals surface area contributed by atoms with Crippen LogP contribution >= 0.6 is 0 Å². The molecule has 0 aliphatic carbocycles. The van der Waals surface area contributed by atoms with Gasteiger partial charge in [0.15, 0.2) is 6.29 Å². The molecule has 4 N–H and O–H groups in total. The van der Waals surface area contributed by atoms with Crippen LogP contribution in [0.4, 0.5) is 0 Å². The zero-order chi connectivity index (χ0) is 49.6. The van der Waals surface area contributed by atoms with Crippen molar-refractivity contribution >= 4 is 16.4 Å². The Morgan fingerprint density at radius 2 is 0.926 bits per heavy atom. The Labute approximate surface area is 417 Å². The molecule has 0 aromatic rings. The van der Waals surface area contributed by atoms with Crippen LogP contribution in [0.15, 0.2) is 12.2 Å².